The minimum atomic E-state index is -4.56. The molecule has 0 aromatic heterocycles. The maximum absolute atomic E-state index is 12.8. The predicted octanol–water partition coefficient (Wildman–Crippen LogP) is 5.26. The highest BCUT2D eigenvalue weighted by molar-refractivity contribution is 6.37. The van der Waals surface area contributed by atoms with Gasteiger partial charge in [-0.1, -0.05) is 35.3 Å². The average Bonchev–Trinajstić information content (AvgIpc) is 2.37. The molecule has 21 heavy (non-hydrogen) atoms. The van der Waals surface area contributed by atoms with E-state index in [1.165, 1.54) is 36.4 Å². The fraction of sp³-hybridized carbons (Fsp3) is 0.0714. The summed E-state index contributed by atoms with van der Waals surface area (Å²) in [5, 5.41) is 2.59. The van der Waals surface area contributed by atoms with Crippen molar-refractivity contribution in [2.75, 3.05) is 5.32 Å². The first-order chi connectivity index (χ1) is 9.79. The van der Waals surface area contributed by atoms with E-state index in [0.29, 0.717) is 5.02 Å². The van der Waals surface area contributed by atoms with Crippen LogP contribution in [0.15, 0.2) is 42.5 Å². The van der Waals surface area contributed by atoms with E-state index in [0.717, 1.165) is 6.07 Å². The first-order valence-electron chi connectivity index (χ1n) is 5.71. The van der Waals surface area contributed by atoms with Gasteiger partial charge in [-0.25, -0.2) is 0 Å². The number of anilines is 1. The second-order valence-electron chi connectivity index (χ2n) is 4.12. The zero-order valence-electron chi connectivity index (χ0n) is 10.3. The van der Waals surface area contributed by atoms with Crippen molar-refractivity contribution in [1.82, 2.24) is 0 Å². The molecule has 0 saturated carbocycles. The van der Waals surface area contributed by atoms with E-state index in [4.69, 9.17) is 23.2 Å². The molecule has 1 amide bonds. The molecule has 0 unspecified atom stereocenters. The predicted molar refractivity (Wildman–Crippen MR) is 75.9 cm³/mol. The minimum Gasteiger partial charge on any atom is -0.321 e. The van der Waals surface area contributed by atoms with Crippen LogP contribution in [0.3, 0.4) is 0 Å². The normalized spacial score (nSPS) is 11.3. The van der Waals surface area contributed by atoms with Gasteiger partial charge in [0.25, 0.3) is 5.91 Å². The molecule has 0 aliphatic rings. The Morgan fingerprint density at radius 1 is 1.05 bits per heavy atom. The number of carbonyl (C=O) groups is 1. The van der Waals surface area contributed by atoms with Gasteiger partial charge in [-0.2, -0.15) is 13.2 Å². The number of hydrogen-bond acceptors (Lipinski definition) is 1. The second-order valence-corrected chi connectivity index (χ2v) is 4.97. The molecule has 2 nitrogen and oxygen atoms in total. The van der Waals surface area contributed by atoms with Crippen LogP contribution >= 0.6 is 23.2 Å². The van der Waals surface area contributed by atoms with Gasteiger partial charge in [0.2, 0.25) is 0 Å². The molecule has 0 saturated heterocycles. The van der Waals surface area contributed by atoms with E-state index >= 15 is 0 Å². The van der Waals surface area contributed by atoms with E-state index in [1.54, 1.807) is 0 Å². The molecule has 0 bridgehead atoms. The average molecular weight is 334 g/mol. The molecule has 2 rings (SSSR count). The molecule has 0 aliphatic carbocycles. The topological polar surface area (TPSA) is 29.1 Å². The van der Waals surface area contributed by atoms with Gasteiger partial charge < -0.3 is 5.32 Å². The molecule has 0 atom stereocenters. The number of benzene rings is 2. The lowest BCUT2D eigenvalue weighted by molar-refractivity contribution is -0.136. The van der Waals surface area contributed by atoms with Gasteiger partial charge in [0.15, 0.2) is 0 Å². The minimum absolute atomic E-state index is 0.0399. The number of para-hydroxylation sites is 1. The van der Waals surface area contributed by atoms with Crippen LogP contribution in [0.2, 0.25) is 10.0 Å². The Morgan fingerprint density at radius 2 is 1.71 bits per heavy atom. The summed E-state index contributed by atoms with van der Waals surface area (Å²) in [4.78, 5) is 12.0. The van der Waals surface area contributed by atoms with Crippen LogP contribution in [0, 0.1) is 0 Å². The summed E-state index contributed by atoms with van der Waals surface area (Å²) in [6.07, 6.45) is -4.56. The summed E-state index contributed by atoms with van der Waals surface area (Å²) >= 11 is 11.6. The van der Waals surface area contributed by atoms with Crippen molar-refractivity contribution in [3.05, 3.63) is 63.6 Å². The summed E-state index contributed by atoms with van der Waals surface area (Å²) in [6, 6.07) is 8.81. The highest BCUT2D eigenvalue weighted by atomic mass is 35.5. The van der Waals surface area contributed by atoms with Crippen molar-refractivity contribution < 1.29 is 18.0 Å². The van der Waals surface area contributed by atoms with E-state index in [-0.39, 0.29) is 16.3 Å². The van der Waals surface area contributed by atoms with Crippen molar-refractivity contribution in [2.45, 2.75) is 6.18 Å². The zero-order chi connectivity index (χ0) is 15.6. The quantitative estimate of drug-likeness (QED) is 0.797. The summed E-state index contributed by atoms with van der Waals surface area (Å²) < 4.78 is 38.5. The van der Waals surface area contributed by atoms with Gasteiger partial charge in [0.05, 0.1) is 21.8 Å². The van der Waals surface area contributed by atoms with E-state index in [9.17, 15) is 18.0 Å². The molecule has 7 heteroatoms. The molecule has 0 fully saturated rings. The number of carbonyl (C=O) groups excluding carboxylic acids is 1. The molecule has 2 aromatic carbocycles. The lowest BCUT2D eigenvalue weighted by Crippen LogP contribution is -2.16. The summed E-state index contributed by atoms with van der Waals surface area (Å²) in [6.45, 7) is 0. The summed E-state index contributed by atoms with van der Waals surface area (Å²) in [5.41, 5.74) is -1.22. The fourth-order valence-electron chi connectivity index (χ4n) is 1.70. The highest BCUT2D eigenvalue weighted by Gasteiger charge is 2.33. The Hall–Kier alpha value is -1.72. The molecule has 0 spiro atoms. The molecular weight excluding hydrogens is 326 g/mol. The standard InChI is InChI=1S/C14H8Cl2F3NO/c15-8-5-6-9(11(16)7-8)13(21)20-12-4-2-1-3-10(12)14(17,18)19/h1-7H,(H,20,21). The second kappa shape index (κ2) is 5.95. The Labute approximate surface area is 128 Å². The third-order valence-corrected chi connectivity index (χ3v) is 3.20. The molecule has 2 aromatic rings. The van der Waals surface area contributed by atoms with Crippen LogP contribution < -0.4 is 5.32 Å². The number of rotatable bonds is 2. The lowest BCUT2D eigenvalue weighted by Gasteiger charge is -2.14. The van der Waals surface area contributed by atoms with Gasteiger partial charge >= 0.3 is 6.18 Å². The molecule has 0 heterocycles. The van der Waals surface area contributed by atoms with Crippen molar-refractivity contribution in [2.24, 2.45) is 0 Å². The van der Waals surface area contributed by atoms with E-state index in [1.807, 2.05) is 0 Å². The zero-order valence-corrected chi connectivity index (χ0v) is 11.9. The van der Waals surface area contributed by atoms with Crippen LogP contribution in [0.4, 0.5) is 18.9 Å². The number of alkyl halides is 3. The largest absolute Gasteiger partial charge is 0.418 e. The third-order valence-electron chi connectivity index (χ3n) is 2.66. The van der Waals surface area contributed by atoms with Crippen molar-refractivity contribution in [3.63, 3.8) is 0 Å². The Morgan fingerprint density at radius 3 is 2.33 bits per heavy atom. The van der Waals surface area contributed by atoms with Crippen molar-refractivity contribution in [1.29, 1.82) is 0 Å². The smallest absolute Gasteiger partial charge is 0.321 e. The maximum Gasteiger partial charge on any atom is 0.418 e. The van der Waals surface area contributed by atoms with Crippen LogP contribution in [0.1, 0.15) is 15.9 Å². The highest BCUT2D eigenvalue weighted by Crippen LogP contribution is 2.35. The first-order valence-corrected chi connectivity index (χ1v) is 6.47. The van der Waals surface area contributed by atoms with Crippen LogP contribution in [-0.2, 0) is 6.18 Å². The third kappa shape index (κ3) is 3.68. The Balaban J connectivity index is 2.32. The van der Waals surface area contributed by atoms with E-state index in [2.05, 4.69) is 5.32 Å². The fourth-order valence-corrected chi connectivity index (χ4v) is 2.20. The van der Waals surface area contributed by atoms with Crippen LogP contribution in [0.5, 0.6) is 0 Å². The molecule has 0 radical (unpaired) electrons. The number of hydrogen-bond donors (Lipinski definition) is 1. The molecule has 0 aliphatic heterocycles. The van der Waals surface area contributed by atoms with Crippen LogP contribution in [0.25, 0.3) is 0 Å². The number of amides is 1. The SMILES string of the molecule is O=C(Nc1ccccc1C(F)(F)F)c1ccc(Cl)cc1Cl. The monoisotopic (exact) mass is 333 g/mol. The molecule has 110 valence electrons. The van der Waals surface area contributed by atoms with Gasteiger partial charge in [-0.05, 0) is 30.3 Å². The number of halogens is 5. The molecular formula is C14H8Cl2F3NO. The van der Waals surface area contributed by atoms with Gasteiger partial charge in [-0.3, -0.25) is 4.79 Å². The maximum atomic E-state index is 12.8. The lowest BCUT2D eigenvalue weighted by atomic mass is 10.1. The van der Waals surface area contributed by atoms with Crippen molar-refractivity contribution in [3.8, 4) is 0 Å². The van der Waals surface area contributed by atoms with Gasteiger partial charge in [0.1, 0.15) is 0 Å². The van der Waals surface area contributed by atoms with Gasteiger partial charge in [-0.15, -0.1) is 0 Å². The Bertz CT molecular complexity index is 686. The van der Waals surface area contributed by atoms with E-state index < -0.39 is 17.6 Å². The molecule has 1 N–H and O–H groups in total. The van der Waals surface area contributed by atoms with Crippen molar-refractivity contribution >= 4 is 34.8 Å². The summed E-state index contributed by atoms with van der Waals surface area (Å²) in [5.74, 6) is -0.742. The van der Waals surface area contributed by atoms with Crippen LogP contribution in [-0.4, -0.2) is 5.91 Å². The Kier molecular flexibility index (Phi) is 4.44. The first kappa shape index (κ1) is 15.7. The number of nitrogens with one attached hydrogen (secondary N) is 1. The van der Waals surface area contributed by atoms with Gasteiger partial charge in [0, 0.05) is 5.02 Å². The summed E-state index contributed by atoms with van der Waals surface area (Å²) in [7, 11) is 0.